The summed E-state index contributed by atoms with van der Waals surface area (Å²) in [4.78, 5) is 30.0. The van der Waals surface area contributed by atoms with E-state index < -0.39 is 23.7 Å². The van der Waals surface area contributed by atoms with E-state index in [0.29, 0.717) is 18.5 Å². The highest BCUT2D eigenvalue weighted by Gasteiger charge is 2.39. The van der Waals surface area contributed by atoms with Crippen LogP contribution in [0.15, 0.2) is 54.6 Å². The largest absolute Gasteiger partial charge is 0.416 e. The number of likely N-dealkylation sites (tertiary alicyclic amines) is 1. The van der Waals surface area contributed by atoms with E-state index in [2.05, 4.69) is 10.3 Å². The average Bonchev–Trinajstić information content (AvgIpc) is 3.16. The third-order valence-corrected chi connectivity index (χ3v) is 5.82. The molecule has 2 unspecified atom stereocenters. The minimum Gasteiger partial charge on any atom is -0.357 e. The summed E-state index contributed by atoms with van der Waals surface area (Å²) in [5, 5.41) is 3.95. The molecule has 0 radical (unpaired) electrons. The number of para-hydroxylation sites is 1. The highest BCUT2D eigenvalue weighted by Crippen LogP contribution is 2.37. The number of carbonyl (C=O) groups excluding carboxylic acids is 2. The van der Waals surface area contributed by atoms with Gasteiger partial charge in [-0.25, -0.2) is 0 Å². The molecule has 1 saturated heterocycles. The van der Waals surface area contributed by atoms with Crippen molar-refractivity contribution in [3.63, 3.8) is 0 Å². The normalized spacial score (nSPS) is 19.6. The number of piperidine rings is 1. The fourth-order valence-electron chi connectivity index (χ4n) is 4.18. The maximum absolute atomic E-state index is 13.0. The van der Waals surface area contributed by atoms with Gasteiger partial charge in [-0.3, -0.25) is 9.59 Å². The van der Waals surface area contributed by atoms with Crippen LogP contribution in [0.2, 0.25) is 0 Å². The predicted molar refractivity (Wildman–Crippen MR) is 110 cm³/mol. The summed E-state index contributed by atoms with van der Waals surface area (Å²) in [6.07, 6.45) is -3.88. The molecule has 8 heteroatoms. The Bertz CT molecular complexity index is 1070. The summed E-state index contributed by atoms with van der Waals surface area (Å²) in [5.41, 5.74) is 1.56. The molecule has 1 aliphatic heterocycles. The van der Waals surface area contributed by atoms with E-state index in [9.17, 15) is 22.8 Å². The molecule has 5 nitrogen and oxygen atoms in total. The molecule has 4 rings (SSSR count). The number of halogens is 3. The number of fused-ring (bicyclic) bond motifs is 1. The van der Waals surface area contributed by atoms with Crippen LogP contribution in [0.5, 0.6) is 0 Å². The number of nitrogens with one attached hydrogen (secondary N) is 2. The number of rotatable bonds is 4. The van der Waals surface area contributed by atoms with E-state index in [0.717, 1.165) is 28.7 Å². The van der Waals surface area contributed by atoms with E-state index in [1.165, 1.54) is 17.0 Å². The van der Waals surface area contributed by atoms with Gasteiger partial charge in [-0.05, 0) is 41.6 Å². The monoisotopic (exact) mass is 429 g/mol. The summed E-state index contributed by atoms with van der Waals surface area (Å²) in [5.74, 6) is -0.920. The van der Waals surface area contributed by atoms with Crippen LogP contribution in [0.1, 0.15) is 35.7 Å². The van der Waals surface area contributed by atoms with Crippen molar-refractivity contribution in [1.82, 2.24) is 15.2 Å². The number of H-pyrrole nitrogens is 1. The van der Waals surface area contributed by atoms with Crippen LogP contribution < -0.4 is 5.32 Å². The van der Waals surface area contributed by atoms with Gasteiger partial charge < -0.3 is 15.2 Å². The first-order valence-corrected chi connectivity index (χ1v) is 10.0. The van der Waals surface area contributed by atoms with Crippen molar-refractivity contribution in [2.45, 2.75) is 31.6 Å². The number of amides is 2. The van der Waals surface area contributed by atoms with Gasteiger partial charge in [-0.15, -0.1) is 0 Å². The third kappa shape index (κ3) is 4.28. The van der Waals surface area contributed by atoms with Gasteiger partial charge in [-0.1, -0.05) is 30.3 Å². The van der Waals surface area contributed by atoms with E-state index in [-0.39, 0.29) is 18.2 Å². The molecule has 1 aromatic heterocycles. The van der Waals surface area contributed by atoms with Crippen LogP contribution >= 0.6 is 0 Å². The molecule has 0 spiro atoms. The lowest BCUT2D eigenvalue weighted by Crippen LogP contribution is -2.46. The second-order valence-corrected chi connectivity index (χ2v) is 7.81. The van der Waals surface area contributed by atoms with E-state index in [4.69, 9.17) is 0 Å². The predicted octanol–water partition coefficient (Wildman–Crippen LogP) is 4.41. The van der Waals surface area contributed by atoms with Gasteiger partial charge in [0.15, 0.2) is 0 Å². The minimum atomic E-state index is -4.44. The van der Waals surface area contributed by atoms with Crippen molar-refractivity contribution < 1.29 is 22.8 Å². The van der Waals surface area contributed by atoms with Crippen LogP contribution in [-0.4, -0.2) is 28.7 Å². The number of aromatic amines is 1. The maximum Gasteiger partial charge on any atom is 0.416 e. The van der Waals surface area contributed by atoms with Gasteiger partial charge in [-0.2, -0.15) is 13.2 Å². The molecule has 162 valence electrons. The van der Waals surface area contributed by atoms with Crippen molar-refractivity contribution in [2.24, 2.45) is 5.92 Å². The molecule has 0 aliphatic carbocycles. The fourth-order valence-corrected chi connectivity index (χ4v) is 4.18. The second-order valence-electron chi connectivity index (χ2n) is 7.81. The summed E-state index contributed by atoms with van der Waals surface area (Å²) in [6, 6.07) is 13.8. The minimum absolute atomic E-state index is 0.135. The summed E-state index contributed by atoms with van der Waals surface area (Å²) >= 11 is 0. The Morgan fingerprint density at radius 2 is 1.87 bits per heavy atom. The average molecular weight is 429 g/mol. The topological polar surface area (TPSA) is 65.2 Å². The van der Waals surface area contributed by atoms with Crippen LogP contribution in [0.25, 0.3) is 10.9 Å². The van der Waals surface area contributed by atoms with Gasteiger partial charge in [0.2, 0.25) is 11.8 Å². The molecule has 2 N–H and O–H groups in total. The van der Waals surface area contributed by atoms with Crippen molar-refractivity contribution in [1.29, 1.82) is 0 Å². The van der Waals surface area contributed by atoms with Gasteiger partial charge >= 0.3 is 6.18 Å². The Balaban J connectivity index is 1.52. The molecule has 2 aromatic carbocycles. The Hall–Kier alpha value is -3.29. The Morgan fingerprint density at radius 3 is 2.55 bits per heavy atom. The molecular weight excluding hydrogens is 407 g/mol. The zero-order chi connectivity index (χ0) is 22.2. The number of aromatic nitrogens is 1. The van der Waals surface area contributed by atoms with Gasteiger partial charge in [0.1, 0.15) is 0 Å². The molecule has 1 fully saturated rings. The highest BCUT2D eigenvalue weighted by atomic mass is 19.4. The van der Waals surface area contributed by atoms with Crippen LogP contribution in [-0.2, 0) is 22.3 Å². The molecule has 31 heavy (non-hydrogen) atoms. The molecule has 2 atom stereocenters. The number of alkyl halides is 3. The van der Waals surface area contributed by atoms with Crippen molar-refractivity contribution in [3.05, 3.63) is 71.4 Å². The quantitative estimate of drug-likeness (QED) is 0.645. The van der Waals surface area contributed by atoms with E-state index in [1.807, 2.05) is 30.3 Å². The first kappa shape index (κ1) is 21.0. The zero-order valence-corrected chi connectivity index (χ0v) is 16.9. The number of hydrogen-bond acceptors (Lipinski definition) is 2. The van der Waals surface area contributed by atoms with Gasteiger partial charge in [0.25, 0.3) is 0 Å². The van der Waals surface area contributed by atoms with Crippen molar-refractivity contribution in [2.75, 3.05) is 7.05 Å². The summed E-state index contributed by atoms with van der Waals surface area (Å²) < 4.78 is 38.7. The lowest BCUT2D eigenvalue weighted by molar-refractivity contribution is -0.142. The zero-order valence-electron chi connectivity index (χ0n) is 16.9. The molecule has 2 heterocycles. The number of benzene rings is 2. The van der Waals surface area contributed by atoms with E-state index >= 15 is 0 Å². The molecule has 3 aromatic rings. The summed E-state index contributed by atoms with van der Waals surface area (Å²) in [6.45, 7) is 0.293. The highest BCUT2D eigenvalue weighted by molar-refractivity contribution is 5.85. The van der Waals surface area contributed by atoms with Gasteiger partial charge in [0, 0.05) is 24.7 Å². The molecule has 1 aliphatic rings. The Kier molecular flexibility index (Phi) is 5.47. The lowest BCUT2D eigenvalue weighted by atomic mass is 9.83. The van der Waals surface area contributed by atoms with Gasteiger partial charge in [0.05, 0.1) is 24.1 Å². The second kappa shape index (κ2) is 8.09. The number of carbonyl (C=O) groups is 2. The Labute approximate surface area is 177 Å². The maximum atomic E-state index is 13.0. The Morgan fingerprint density at radius 1 is 1.16 bits per heavy atom. The third-order valence-electron chi connectivity index (χ3n) is 5.82. The standard InChI is InChI=1S/C23H22F3N3O2/c1-29-20(30)11-10-18(21(29)14-6-8-16(9-7-14)23(24,25)26)22(31)27-13-17-12-15-4-2-3-5-19(15)28-17/h2-9,12,18,21,28H,10-11,13H2,1H3,(H,27,31). The van der Waals surface area contributed by atoms with Crippen molar-refractivity contribution >= 4 is 22.7 Å². The smallest absolute Gasteiger partial charge is 0.357 e. The molecule has 0 bridgehead atoms. The first-order valence-electron chi connectivity index (χ1n) is 10.0. The van der Waals surface area contributed by atoms with Crippen LogP contribution in [0.3, 0.4) is 0 Å². The molecule has 0 saturated carbocycles. The van der Waals surface area contributed by atoms with E-state index in [1.54, 1.807) is 7.05 Å². The molecule has 2 amide bonds. The lowest BCUT2D eigenvalue weighted by Gasteiger charge is -2.38. The van der Waals surface area contributed by atoms with Crippen LogP contribution in [0.4, 0.5) is 13.2 Å². The number of hydrogen-bond donors (Lipinski definition) is 2. The molecular formula is C23H22F3N3O2. The fraction of sp³-hybridized carbons (Fsp3) is 0.304. The summed E-state index contributed by atoms with van der Waals surface area (Å²) in [7, 11) is 1.59. The first-order chi connectivity index (χ1) is 14.7. The van der Waals surface area contributed by atoms with Crippen LogP contribution in [0, 0.1) is 5.92 Å². The SMILES string of the molecule is CN1C(=O)CCC(C(=O)NCc2cc3ccccc3[nH]2)C1c1ccc(C(F)(F)F)cc1. The number of nitrogens with zero attached hydrogens (tertiary/aromatic N) is 1. The van der Waals surface area contributed by atoms with Crippen molar-refractivity contribution in [3.8, 4) is 0 Å².